The van der Waals surface area contributed by atoms with Crippen molar-refractivity contribution in [3.63, 3.8) is 0 Å². The molecule has 0 aliphatic heterocycles. The first-order chi connectivity index (χ1) is 3.42. The van der Waals surface area contributed by atoms with Crippen LogP contribution in [-0.4, -0.2) is 8.07 Å². The average molecular weight is 149 g/mol. The average Bonchev–Trinajstić information content (AvgIpc) is 1.21. The number of hydrogen-bond donors (Lipinski definition) is 0. The van der Waals surface area contributed by atoms with Gasteiger partial charge in [-0.25, -0.2) is 0 Å². The highest BCUT2D eigenvalue weighted by Crippen LogP contribution is 2.16. The molecule has 0 spiro atoms. The Balaban J connectivity index is 3.55. The van der Waals surface area contributed by atoms with Crippen LogP contribution in [0.3, 0.4) is 0 Å². The summed E-state index contributed by atoms with van der Waals surface area (Å²) in [6.07, 6.45) is 0. The van der Waals surface area contributed by atoms with Crippen molar-refractivity contribution in [1.29, 1.82) is 0 Å². The Morgan fingerprint density at radius 1 is 1.50 bits per heavy atom. The maximum atomic E-state index is 5.60. The van der Waals surface area contributed by atoms with Crippen molar-refractivity contribution in [3.05, 3.63) is 11.6 Å². The second-order valence-corrected chi connectivity index (χ2v) is 9.26. The zero-order valence-electron chi connectivity index (χ0n) is 5.79. The molecule has 0 aliphatic carbocycles. The fraction of sp³-hybridized carbons (Fsp3) is 0.667. The number of hydrogen-bond acceptors (Lipinski definition) is 0. The van der Waals surface area contributed by atoms with Crippen LogP contribution in [0.5, 0.6) is 0 Å². The SMILES string of the molecule is C=C(Cl)C[Si](C)(C)C. The zero-order chi connectivity index (χ0) is 6.78. The van der Waals surface area contributed by atoms with Gasteiger partial charge in [-0.1, -0.05) is 37.8 Å². The predicted molar refractivity (Wildman–Crippen MR) is 43.1 cm³/mol. The summed E-state index contributed by atoms with van der Waals surface area (Å²) in [5.74, 6) is 0. The van der Waals surface area contributed by atoms with Gasteiger partial charge in [0.15, 0.2) is 0 Å². The molecule has 0 N–H and O–H groups in total. The summed E-state index contributed by atoms with van der Waals surface area (Å²) >= 11 is 5.60. The van der Waals surface area contributed by atoms with Gasteiger partial charge in [-0.05, 0) is 6.04 Å². The van der Waals surface area contributed by atoms with Crippen LogP contribution in [0, 0.1) is 0 Å². The molecule has 0 atom stereocenters. The summed E-state index contributed by atoms with van der Waals surface area (Å²) in [4.78, 5) is 0. The minimum Gasteiger partial charge on any atom is -0.0901 e. The molecule has 8 heavy (non-hydrogen) atoms. The molecule has 0 aromatic rings. The van der Waals surface area contributed by atoms with E-state index in [4.69, 9.17) is 11.6 Å². The van der Waals surface area contributed by atoms with Gasteiger partial charge in [0.25, 0.3) is 0 Å². The third kappa shape index (κ3) is 6.25. The first-order valence-corrected chi connectivity index (χ1v) is 6.83. The standard InChI is InChI=1S/C6H13ClSi/c1-6(7)5-8(2,3)4/h1,5H2,2-4H3. The van der Waals surface area contributed by atoms with E-state index in [1.807, 2.05) is 0 Å². The summed E-state index contributed by atoms with van der Waals surface area (Å²) in [6.45, 7) is 10.5. The van der Waals surface area contributed by atoms with Crippen LogP contribution in [0.15, 0.2) is 11.6 Å². The smallest absolute Gasteiger partial charge is 0.0497 e. The molecule has 48 valence electrons. The van der Waals surface area contributed by atoms with Crippen molar-refractivity contribution >= 4 is 19.7 Å². The number of rotatable bonds is 2. The molecule has 0 amide bonds. The summed E-state index contributed by atoms with van der Waals surface area (Å²) < 4.78 is 0. The largest absolute Gasteiger partial charge is 0.0901 e. The van der Waals surface area contributed by atoms with Crippen molar-refractivity contribution in [3.8, 4) is 0 Å². The fourth-order valence-corrected chi connectivity index (χ4v) is 2.93. The van der Waals surface area contributed by atoms with Crippen LogP contribution in [0.25, 0.3) is 0 Å². The van der Waals surface area contributed by atoms with Crippen molar-refractivity contribution in [1.82, 2.24) is 0 Å². The lowest BCUT2D eigenvalue weighted by molar-refractivity contribution is 1.49. The van der Waals surface area contributed by atoms with Crippen molar-refractivity contribution in [2.24, 2.45) is 0 Å². The lowest BCUT2D eigenvalue weighted by Gasteiger charge is -2.13. The Bertz CT molecular complexity index is 91.2. The van der Waals surface area contributed by atoms with Crippen molar-refractivity contribution < 1.29 is 0 Å². The quantitative estimate of drug-likeness (QED) is 0.528. The van der Waals surface area contributed by atoms with Gasteiger partial charge in [-0.2, -0.15) is 0 Å². The van der Waals surface area contributed by atoms with E-state index < -0.39 is 8.07 Å². The number of halogens is 1. The molecule has 0 rings (SSSR count). The van der Waals surface area contributed by atoms with E-state index in [9.17, 15) is 0 Å². The first kappa shape index (κ1) is 8.25. The van der Waals surface area contributed by atoms with E-state index in [0.717, 1.165) is 11.1 Å². The normalized spacial score (nSPS) is 11.5. The molecule has 0 aromatic heterocycles. The van der Waals surface area contributed by atoms with Gasteiger partial charge < -0.3 is 0 Å². The third-order valence-corrected chi connectivity index (χ3v) is 2.57. The van der Waals surface area contributed by atoms with Crippen LogP contribution < -0.4 is 0 Å². The lowest BCUT2D eigenvalue weighted by Crippen LogP contribution is -2.18. The van der Waals surface area contributed by atoms with Gasteiger partial charge in [0, 0.05) is 13.1 Å². The highest BCUT2D eigenvalue weighted by atomic mass is 35.5. The van der Waals surface area contributed by atoms with E-state index in [2.05, 4.69) is 26.2 Å². The number of allylic oxidation sites excluding steroid dienone is 1. The molecule has 0 fully saturated rings. The van der Waals surface area contributed by atoms with Gasteiger partial charge in [0.05, 0.1) is 0 Å². The minimum absolute atomic E-state index is 0.809. The molecule has 0 nitrogen and oxygen atoms in total. The van der Waals surface area contributed by atoms with Crippen LogP contribution in [0.2, 0.25) is 25.7 Å². The maximum absolute atomic E-state index is 5.60. The van der Waals surface area contributed by atoms with E-state index in [1.54, 1.807) is 0 Å². The Kier molecular flexibility index (Phi) is 2.78. The molecular formula is C6H13ClSi. The van der Waals surface area contributed by atoms with E-state index in [0.29, 0.717) is 0 Å². The topological polar surface area (TPSA) is 0 Å². The molecule has 0 bridgehead atoms. The monoisotopic (exact) mass is 148 g/mol. The Morgan fingerprint density at radius 2 is 1.88 bits per heavy atom. The van der Waals surface area contributed by atoms with Gasteiger partial charge >= 0.3 is 0 Å². The van der Waals surface area contributed by atoms with Gasteiger partial charge in [-0.15, -0.1) is 0 Å². The predicted octanol–water partition coefficient (Wildman–Crippen LogP) is 3.08. The van der Waals surface area contributed by atoms with Crippen LogP contribution in [-0.2, 0) is 0 Å². The van der Waals surface area contributed by atoms with Crippen molar-refractivity contribution in [2.45, 2.75) is 25.7 Å². The molecule has 0 heterocycles. The summed E-state index contributed by atoms with van der Waals surface area (Å²) in [7, 11) is -0.952. The molecule has 0 aliphatic rings. The minimum atomic E-state index is -0.952. The highest BCUT2D eigenvalue weighted by molar-refractivity contribution is 6.77. The second kappa shape index (κ2) is 2.69. The molecule has 0 saturated heterocycles. The third-order valence-electron chi connectivity index (χ3n) is 0.722. The van der Waals surface area contributed by atoms with E-state index >= 15 is 0 Å². The molecular weight excluding hydrogens is 136 g/mol. The molecule has 0 unspecified atom stereocenters. The van der Waals surface area contributed by atoms with Gasteiger partial charge in [-0.3, -0.25) is 0 Å². The Labute approximate surface area is 57.6 Å². The van der Waals surface area contributed by atoms with Crippen LogP contribution in [0.1, 0.15) is 0 Å². The summed E-state index contributed by atoms with van der Waals surface area (Å²) in [5.41, 5.74) is 0. The summed E-state index contributed by atoms with van der Waals surface area (Å²) in [5, 5.41) is 0.809. The van der Waals surface area contributed by atoms with Crippen molar-refractivity contribution in [2.75, 3.05) is 0 Å². The molecule has 0 saturated carbocycles. The van der Waals surface area contributed by atoms with Crippen LogP contribution >= 0.6 is 11.6 Å². The lowest BCUT2D eigenvalue weighted by atomic mass is 10.7. The zero-order valence-corrected chi connectivity index (χ0v) is 7.55. The van der Waals surface area contributed by atoms with E-state index in [1.165, 1.54) is 0 Å². The second-order valence-electron chi connectivity index (χ2n) is 3.25. The molecule has 0 radical (unpaired) electrons. The Hall–Kier alpha value is 0.247. The Morgan fingerprint density at radius 3 is 1.88 bits per heavy atom. The fourth-order valence-electron chi connectivity index (χ4n) is 0.575. The van der Waals surface area contributed by atoms with Crippen LogP contribution in [0.4, 0.5) is 0 Å². The first-order valence-electron chi connectivity index (χ1n) is 2.75. The van der Waals surface area contributed by atoms with Gasteiger partial charge in [0.2, 0.25) is 0 Å². The molecule has 0 aromatic carbocycles. The summed E-state index contributed by atoms with van der Waals surface area (Å²) in [6, 6.07) is 1.04. The van der Waals surface area contributed by atoms with E-state index in [-0.39, 0.29) is 0 Å². The molecule has 2 heteroatoms. The maximum Gasteiger partial charge on any atom is 0.0497 e. The highest BCUT2D eigenvalue weighted by Gasteiger charge is 2.12. The van der Waals surface area contributed by atoms with Gasteiger partial charge in [0.1, 0.15) is 0 Å².